The molecular formula is C53H49N3. The molecule has 0 spiro atoms. The molecule has 3 aromatic heterocycles. The molecule has 0 bridgehead atoms. The number of allylic oxidation sites excluding steroid dienone is 1. The largest absolute Gasteiger partial charge is 0.307 e. The van der Waals surface area contributed by atoms with Crippen LogP contribution in [-0.4, -0.2) is 14.1 Å². The fourth-order valence-electron chi connectivity index (χ4n) is 7.46. The summed E-state index contributed by atoms with van der Waals surface area (Å²) in [7, 11) is 0. The van der Waals surface area contributed by atoms with Crippen LogP contribution in [0.1, 0.15) is 43.0 Å². The summed E-state index contributed by atoms with van der Waals surface area (Å²) in [5.74, 6) is 0.915. The second kappa shape index (κ2) is 16.8. The van der Waals surface area contributed by atoms with E-state index in [0.717, 1.165) is 22.6 Å². The Labute approximate surface area is 330 Å². The molecular weight excluding hydrogens is 679 g/mol. The van der Waals surface area contributed by atoms with Crippen LogP contribution in [0.25, 0.3) is 71.5 Å². The highest BCUT2D eigenvalue weighted by Crippen LogP contribution is 2.46. The smallest absolute Gasteiger partial charge is 0.137 e. The second-order valence-electron chi connectivity index (χ2n) is 14.0. The van der Waals surface area contributed by atoms with E-state index in [0.29, 0.717) is 0 Å². The quantitative estimate of drug-likeness (QED) is 0.166. The van der Waals surface area contributed by atoms with Crippen molar-refractivity contribution in [2.75, 3.05) is 0 Å². The molecule has 0 aliphatic carbocycles. The maximum absolute atomic E-state index is 4.87. The number of nitrogens with zero attached hydrogens (tertiary/aromatic N) is 3. The molecule has 0 unspecified atom stereocenters. The molecule has 0 saturated carbocycles. The summed E-state index contributed by atoms with van der Waals surface area (Å²) in [5, 5.41) is 7.42. The summed E-state index contributed by atoms with van der Waals surface area (Å²) in [6, 6.07) is 59.8. The molecule has 0 saturated heterocycles. The number of para-hydroxylation sites is 1. The summed E-state index contributed by atoms with van der Waals surface area (Å²) in [6.07, 6.45) is 1.88. The molecule has 56 heavy (non-hydrogen) atoms. The minimum absolute atomic E-state index is 0.915. The summed E-state index contributed by atoms with van der Waals surface area (Å²) in [4.78, 5) is 4.87. The van der Waals surface area contributed by atoms with Crippen LogP contribution in [0.4, 0.5) is 0 Å². The lowest BCUT2D eigenvalue weighted by Gasteiger charge is -2.13. The molecule has 0 fully saturated rings. The molecule has 276 valence electrons. The van der Waals surface area contributed by atoms with Crippen molar-refractivity contribution in [3.8, 4) is 11.5 Å². The van der Waals surface area contributed by atoms with E-state index in [9.17, 15) is 0 Å². The minimum Gasteiger partial charge on any atom is -0.307 e. The predicted molar refractivity (Wildman–Crippen MR) is 244 cm³/mol. The van der Waals surface area contributed by atoms with Gasteiger partial charge in [-0.15, -0.1) is 0 Å². The van der Waals surface area contributed by atoms with Crippen molar-refractivity contribution in [3.63, 3.8) is 0 Å². The zero-order valence-corrected chi connectivity index (χ0v) is 33.3. The first-order valence-corrected chi connectivity index (χ1v) is 19.5. The average Bonchev–Trinajstić information content (AvgIpc) is 3.77. The van der Waals surface area contributed by atoms with E-state index in [-0.39, 0.29) is 0 Å². The number of hydrogen-bond acceptors (Lipinski definition) is 1. The Morgan fingerprint density at radius 3 is 1.54 bits per heavy atom. The molecule has 3 nitrogen and oxygen atoms in total. The second-order valence-corrected chi connectivity index (χ2v) is 14.0. The van der Waals surface area contributed by atoms with Gasteiger partial charge in [-0.1, -0.05) is 171 Å². The van der Waals surface area contributed by atoms with Gasteiger partial charge < -0.3 is 4.57 Å². The van der Waals surface area contributed by atoms with Gasteiger partial charge in [0.25, 0.3) is 0 Å². The van der Waals surface area contributed by atoms with E-state index in [2.05, 4.69) is 189 Å². The number of rotatable bonds is 3. The zero-order valence-electron chi connectivity index (χ0n) is 33.3. The van der Waals surface area contributed by atoms with Gasteiger partial charge in [-0.2, -0.15) is 0 Å². The third-order valence-corrected chi connectivity index (χ3v) is 10.3. The number of fused-ring (bicyclic) bond motifs is 10. The van der Waals surface area contributed by atoms with Crippen molar-refractivity contribution >= 4 is 60.0 Å². The Kier molecular flexibility index (Phi) is 11.2. The third-order valence-electron chi connectivity index (χ3n) is 10.3. The van der Waals surface area contributed by atoms with Crippen LogP contribution in [0.15, 0.2) is 183 Å². The Hall–Kier alpha value is -6.71. The lowest BCUT2D eigenvalue weighted by molar-refractivity contribution is 1.09. The number of hydrogen-bond donors (Lipinski definition) is 0. The SMILES string of the molecule is C=C(C)c1ccc(-n2c3ccccc3c3c2c2c4ccccc4c4ccccc4c2n3-c2ccccn2)cc1.CC.Cc1ccccc1.Cc1ccccc1C. The Morgan fingerprint density at radius 2 is 0.982 bits per heavy atom. The van der Waals surface area contributed by atoms with Crippen molar-refractivity contribution in [3.05, 3.63) is 205 Å². The van der Waals surface area contributed by atoms with E-state index in [1.165, 1.54) is 71.1 Å². The van der Waals surface area contributed by atoms with Gasteiger partial charge in [0.05, 0.1) is 22.1 Å². The van der Waals surface area contributed by atoms with Crippen molar-refractivity contribution < 1.29 is 0 Å². The van der Waals surface area contributed by atoms with E-state index >= 15 is 0 Å². The van der Waals surface area contributed by atoms with Gasteiger partial charge in [-0.05, 0) is 90.9 Å². The first-order valence-electron chi connectivity index (χ1n) is 19.5. The van der Waals surface area contributed by atoms with Crippen molar-refractivity contribution in [2.45, 2.75) is 41.5 Å². The lowest BCUT2D eigenvalue weighted by atomic mass is 9.98. The average molecular weight is 728 g/mol. The van der Waals surface area contributed by atoms with Gasteiger partial charge >= 0.3 is 0 Å². The topological polar surface area (TPSA) is 22.8 Å². The minimum atomic E-state index is 0.915. The molecule has 0 N–H and O–H groups in total. The number of benzene rings is 7. The maximum atomic E-state index is 4.87. The lowest BCUT2D eigenvalue weighted by Crippen LogP contribution is -1.97. The summed E-state index contributed by atoms with van der Waals surface area (Å²) < 4.78 is 4.80. The van der Waals surface area contributed by atoms with E-state index < -0.39 is 0 Å². The molecule has 3 heteroatoms. The third kappa shape index (κ3) is 7.12. The molecule has 0 aliphatic heterocycles. The van der Waals surface area contributed by atoms with E-state index in [4.69, 9.17) is 4.98 Å². The molecule has 10 aromatic rings. The van der Waals surface area contributed by atoms with Crippen LogP contribution in [0.3, 0.4) is 0 Å². The summed E-state index contributed by atoms with van der Waals surface area (Å²) in [5.41, 5.74) is 12.1. The van der Waals surface area contributed by atoms with Crippen LogP contribution in [0.2, 0.25) is 0 Å². The fourth-order valence-corrected chi connectivity index (χ4v) is 7.46. The Morgan fingerprint density at radius 1 is 0.464 bits per heavy atom. The monoisotopic (exact) mass is 727 g/mol. The molecule has 0 amide bonds. The molecule has 3 heterocycles. The molecule has 0 radical (unpaired) electrons. The van der Waals surface area contributed by atoms with Gasteiger partial charge in [0, 0.05) is 28.0 Å². The predicted octanol–water partition coefficient (Wildman–Crippen LogP) is 14.8. The van der Waals surface area contributed by atoms with Gasteiger partial charge in [0.2, 0.25) is 0 Å². The molecule has 0 aliphatic rings. The van der Waals surface area contributed by atoms with Crippen molar-refractivity contribution in [2.24, 2.45) is 0 Å². The van der Waals surface area contributed by atoms with Crippen LogP contribution in [0, 0.1) is 20.8 Å². The van der Waals surface area contributed by atoms with Gasteiger partial charge in [0.1, 0.15) is 5.82 Å². The van der Waals surface area contributed by atoms with Crippen LogP contribution < -0.4 is 0 Å². The standard InChI is InChI=1S/C36H25N3.C8H10.C7H8.C2H6/c1-23(2)24-18-20-25(21-19-24)38-31-16-8-7-15-30(31)35-36(38)33-28-13-5-3-11-26(28)27-12-4-6-14-29(27)34(33)39(35)32-17-9-10-22-37-32;1-7-5-3-4-6-8(7)2;1-7-5-3-2-4-6-7;1-2/h3-22H,1H2,2H3;3-6H,1-2H3;2-6H,1H3;1-2H3. The van der Waals surface area contributed by atoms with Crippen molar-refractivity contribution in [1.82, 2.24) is 14.1 Å². The normalized spacial score (nSPS) is 10.8. The van der Waals surface area contributed by atoms with Crippen molar-refractivity contribution in [1.29, 1.82) is 0 Å². The highest BCUT2D eigenvalue weighted by molar-refractivity contribution is 6.34. The van der Waals surface area contributed by atoms with E-state index in [1.54, 1.807) is 0 Å². The number of pyridine rings is 1. The Balaban J connectivity index is 0.000000235. The van der Waals surface area contributed by atoms with Gasteiger partial charge in [-0.25, -0.2) is 4.98 Å². The van der Waals surface area contributed by atoms with Crippen LogP contribution in [0.5, 0.6) is 0 Å². The summed E-state index contributed by atoms with van der Waals surface area (Å²) >= 11 is 0. The Bertz CT molecular complexity index is 2890. The molecule has 7 aromatic carbocycles. The van der Waals surface area contributed by atoms with Crippen LogP contribution in [-0.2, 0) is 0 Å². The molecule has 0 atom stereocenters. The fraction of sp³-hybridized carbons (Fsp3) is 0.113. The first-order chi connectivity index (χ1) is 27.4. The van der Waals surface area contributed by atoms with Crippen LogP contribution >= 0.6 is 0 Å². The van der Waals surface area contributed by atoms with E-state index in [1.807, 2.05) is 44.3 Å². The number of aromatic nitrogens is 3. The highest BCUT2D eigenvalue weighted by Gasteiger charge is 2.25. The first kappa shape index (κ1) is 37.6. The van der Waals surface area contributed by atoms with Gasteiger partial charge in [-0.3, -0.25) is 4.57 Å². The van der Waals surface area contributed by atoms with Gasteiger partial charge in [0.15, 0.2) is 0 Å². The highest BCUT2D eigenvalue weighted by atomic mass is 15.1. The summed E-state index contributed by atoms with van der Waals surface area (Å²) in [6.45, 7) is 16.5. The number of aryl methyl sites for hydroxylation is 3. The molecule has 10 rings (SSSR count). The maximum Gasteiger partial charge on any atom is 0.137 e. The zero-order chi connectivity index (χ0) is 39.2.